The summed E-state index contributed by atoms with van der Waals surface area (Å²) >= 11 is 0. The van der Waals surface area contributed by atoms with Crippen molar-refractivity contribution in [2.24, 2.45) is 5.73 Å². The summed E-state index contributed by atoms with van der Waals surface area (Å²) in [5.74, 6) is 0. The second-order valence-electron chi connectivity index (χ2n) is 5.93. The van der Waals surface area contributed by atoms with Gasteiger partial charge >= 0.3 is 0 Å². The van der Waals surface area contributed by atoms with E-state index in [1.807, 2.05) is 16.7 Å². The van der Waals surface area contributed by atoms with E-state index in [0.29, 0.717) is 18.2 Å². The fraction of sp³-hybridized carbons (Fsp3) is 0.389. The molecule has 0 aliphatic heterocycles. The molecule has 1 aromatic carbocycles. The van der Waals surface area contributed by atoms with Gasteiger partial charge in [-0.1, -0.05) is 48.7 Å². The SMILES string of the molecule is Cc1ccc(-c2ccc(CN)c(=O)n2C2CCCC2)cc1. The van der Waals surface area contributed by atoms with Crippen molar-refractivity contribution in [1.82, 2.24) is 4.57 Å². The van der Waals surface area contributed by atoms with Gasteiger partial charge in [-0.25, -0.2) is 0 Å². The predicted molar refractivity (Wildman–Crippen MR) is 86.3 cm³/mol. The molecule has 0 saturated heterocycles. The summed E-state index contributed by atoms with van der Waals surface area (Å²) in [5.41, 5.74) is 9.86. The molecule has 3 heteroatoms. The molecule has 1 heterocycles. The number of aromatic nitrogens is 1. The summed E-state index contributed by atoms with van der Waals surface area (Å²) in [5, 5.41) is 0. The van der Waals surface area contributed by atoms with Gasteiger partial charge in [-0.3, -0.25) is 4.79 Å². The topological polar surface area (TPSA) is 48.0 Å². The molecule has 1 aliphatic carbocycles. The normalized spacial score (nSPS) is 15.5. The predicted octanol–water partition coefficient (Wildman–Crippen LogP) is 3.40. The van der Waals surface area contributed by atoms with Crippen LogP contribution in [-0.2, 0) is 6.54 Å². The van der Waals surface area contributed by atoms with Crippen molar-refractivity contribution < 1.29 is 0 Å². The average molecular weight is 282 g/mol. The van der Waals surface area contributed by atoms with E-state index in [-0.39, 0.29) is 5.56 Å². The highest BCUT2D eigenvalue weighted by molar-refractivity contribution is 5.60. The number of pyridine rings is 1. The third-order valence-electron chi connectivity index (χ3n) is 4.45. The second kappa shape index (κ2) is 5.86. The van der Waals surface area contributed by atoms with Gasteiger partial charge in [0.1, 0.15) is 0 Å². The fourth-order valence-corrected chi connectivity index (χ4v) is 3.24. The summed E-state index contributed by atoms with van der Waals surface area (Å²) in [7, 11) is 0. The molecule has 0 amide bonds. The molecule has 0 radical (unpaired) electrons. The molecule has 3 rings (SSSR count). The van der Waals surface area contributed by atoms with Gasteiger partial charge in [0.15, 0.2) is 0 Å². The zero-order chi connectivity index (χ0) is 14.8. The van der Waals surface area contributed by atoms with E-state index >= 15 is 0 Å². The standard InChI is InChI=1S/C18H22N2O/c1-13-6-8-14(9-7-13)17-11-10-15(12-19)18(21)20(17)16-4-2-3-5-16/h6-11,16H,2-5,12,19H2,1H3. The monoisotopic (exact) mass is 282 g/mol. The molecular formula is C18H22N2O. The van der Waals surface area contributed by atoms with Crippen molar-refractivity contribution in [2.45, 2.75) is 45.2 Å². The Bertz CT molecular complexity index is 679. The van der Waals surface area contributed by atoms with E-state index in [9.17, 15) is 4.79 Å². The van der Waals surface area contributed by atoms with Crippen molar-refractivity contribution >= 4 is 0 Å². The van der Waals surface area contributed by atoms with Crippen LogP contribution in [0.2, 0.25) is 0 Å². The number of hydrogen-bond donors (Lipinski definition) is 1. The van der Waals surface area contributed by atoms with E-state index in [1.54, 1.807) is 0 Å². The Labute approximate surface area is 125 Å². The van der Waals surface area contributed by atoms with E-state index in [4.69, 9.17) is 5.73 Å². The van der Waals surface area contributed by atoms with Gasteiger partial charge in [0.25, 0.3) is 5.56 Å². The number of aryl methyl sites for hydroxylation is 1. The number of hydrogen-bond acceptors (Lipinski definition) is 2. The lowest BCUT2D eigenvalue weighted by Gasteiger charge is -2.20. The van der Waals surface area contributed by atoms with Crippen molar-refractivity contribution in [2.75, 3.05) is 0 Å². The van der Waals surface area contributed by atoms with Crippen LogP contribution >= 0.6 is 0 Å². The molecule has 1 aliphatic rings. The van der Waals surface area contributed by atoms with Gasteiger partial charge in [-0.2, -0.15) is 0 Å². The Morgan fingerprint density at radius 2 is 1.76 bits per heavy atom. The van der Waals surface area contributed by atoms with Gasteiger partial charge in [0.2, 0.25) is 0 Å². The molecule has 0 unspecified atom stereocenters. The first kappa shape index (κ1) is 14.1. The molecule has 1 saturated carbocycles. The first-order valence-corrected chi connectivity index (χ1v) is 7.72. The quantitative estimate of drug-likeness (QED) is 0.938. The molecular weight excluding hydrogens is 260 g/mol. The summed E-state index contributed by atoms with van der Waals surface area (Å²) in [4.78, 5) is 12.7. The van der Waals surface area contributed by atoms with Crippen LogP contribution in [0.3, 0.4) is 0 Å². The summed E-state index contributed by atoms with van der Waals surface area (Å²) < 4.78 is 1.99. The van der Waals surface area contributed by atoms with Crippen molar-refractivity contribution in [3.05, 3.63) is 57.9 Å². The lowest BCUT2D eigenvalue weighted by Crippen LogP contribution is -2.29. The molecule has 0 atom stereocenters. The van der Waals surface area contributed by atoms with Crippen LogP contribution in [0.4, 0.5) is 0 Å². The molecule has 0 bridgehead atoms. The smallest absolute Gasteiger partial charge is 0.255 e. The molecule has 2 aromatic rings. The zero-order valence-electron chi connectivity index (χ0n) is 12.5. The Morgan fingerprint density at radius 1 is 1.10 bits per heavy atom. The molecule has 110 valence electrons. The Balaban J connectivity index is 2.17. The molecule has 0 spiro atoms. The van der Waals surface area contributed by atoms with Gasteiger partial charge in [-0.05, 0) is 31.4 Å². The van der Waals surface area contributed by atoms with Crippen LogP contribution in [0.1, 0.15) is 42.9 Å². The Kier molecular flexibility index (Phi) is 3.93. The average Bonchev–Trinajstić information content (AvgIpc) is 3.01. The summed E-state index contributed by atoms with van der Waals surface area (Å²) in [6.45, 7) is 2.38. The molecule has 3 nitrogen and oxygen atoms in total. The van der Waals surface area contributed by atoms with Gasteiger partial charge < -0.3 is 10.3 Å². The van der Waals surface area contributed by atoms with Gasteiger partial charge in [0.05, 0.1) is 5.69 Å². The lowest BCUT2D eigenvalue weighted by atomic mass is 10.1. The second-order valence-corrected chi connectivity index (χ2v) is 5.93. The molecule has 2 N–H and O–H groups in total. The lowest BCUT2D eigenvalue weighted by molar-refractivity contribution is 0.504. The van der Waals surface area contributed by atoms with E-state index < -0.39 is 0 Å². The molecule has 21 heavy (non-hydrogen) atoms. The van der Waals surface area contributed by atoms with Gasteiger partial charge in [-0.15, -0.1) is 0 Å². The minimum absolute atomic E-state index is 0.0856. The number of benzene rings is 1. The van der Waals surface area contributed by atoms with E-state index in [2.05, 4.69) is 31.2 Å². The van der Waals surface area contributed by atoms with E-state index in [0.717, 1.165) is 24.1 Å². The van der Waals surface area contributed by atoms with Crippen LogP contribution in [-0.4, -0.2) is 4.57 Å². The Morgan fingerprint density at radius 3 is 2.38 bits per heavy atom. The maximum absolute atomic E-state index is 12.7. The van der Waals surface area contributed by atoms with Crippen molar-refractivity contribution in [3.63, 3.8) is 0 Å². The number of nitrogens with zero attached hydrogens (tertiary/aromatic N) is 1. The van der Waals surface area contributed by atoms with Crippen LogP contribution < -0.4 is 11.3 Å². The van der Waals surface area contributed by atoms with Crippen LogP contribution in [0.5, 0.6) is 0 Å². The number of rotatable bonds is 3. The van der Waals surface area contributed by atoms with Crippen LogP contribution in [0.25, 0.3) is 11.3 Å². The molecule has 1 fully saturated rings. The fourth-order valence-electron chi connectivity index (χ4n) is 3.24. The molecule has 1 aromatic heterocycles. The van der Waals surface area contributed by atoms with Crippen LogP contribution in [0, 0.1) is 6.92 Å². The van der Waals surface area contributed by atoms with E-state index in [1.165, 1.54) is 18.4 Å². The minimum Gasteiger partial charge on any atom is -0.326 e. The third-order valence-corrected chi connectivity index (χ3v) is 4.45. The maximum atomic E-state index is 12.7. The van der Waals surface area contributed by atoms with Crippen LogP contribution in [0.15, 0.2) is 41.2 Å². The Hall–Kier alpha value is -1.87. The number of nitrogens with two attached hydrogens (primary N) is 1. The first-order chi connectivity index (χ1) is 10.2. The zero-order valence-corrected chi connectivity index (χ0v) is 12.5. The highest BCUT2D eigenvalue weighted by Gasteiger charge is 2.22. The highest BCUT2D eigenvalue weighted by Crippen LogP contribution is 2.32. The first-order valence-electron chi connectivity index (χ1n) is 7.72. The third kappa shape index (κ3) is 2.66. The maximum Gasteiger partial charge on any atom is 0.255 e. The van der Waals surface area contributed by atoms with Gasteiger partial charge in [0, 0.05) is 18.2 Å². The van der Waals surface area contributed by atoms with Crippen molar-refractivity contribution in [1.29, 1.82) is 0 Å². The summed E-state index contributed by atoms with van der Waals surface area (Å²) in [6, 6.07) is 12.6. The summed E-state index contributed by atoms with van der Waals surface area (Å²) in [6.07, 6.45) is 4.59. The highest BCUT2D eigenvalue weighted by atomic mass is 16.1. The largest absolute Gasteiger partial charge is 0.326 e. The minimum atomic E-state index is 0.0856. The van der Waals surface area contributed by atoms with Crippen molar-refractivity contribution in [3.8, 4) is 11.3 Å².